The number of hydrogen-bond donors (Lipinski definition) is 2. The quantitative estimate of drug-likeness (QED) is 0.747. The van der Waals surface area contributed by atoms with Crippen LogP contribution in [0.2, 0.25) is 0 Å². The molecule has 0 aliphatic heterocycles. The Morgan fingerprint density at radius 1 is 1.53 bits per heavy atom. The first-order chi connectivity index (χ1) is 7.06. The highest BCUT2D eigenvalue weighted by Gasteiger charge is 2.12. The maximum Gasteiger partial charge on any atom is 0.227 e. The minimum absolute atomic E-state index is 0.0176. The van der Waals surface area contributed by atoms with E-state index >= 15 is 0 Å². The third-order valence-corrected chi connectivity index (χ3v) is 2.61. The third-order valence-electron chi connectivity index (χ3n) is 2.61. The Morgan fingerprint density at radius 3 is 2.73 bits per heavy atom. The smallest absolute Gasteiger partial charge is 0.227 e. The number of aryl methyl sites for hydroxylation is 1. The molecular formula is C12H18N2O. The second-order valence-electron chi connectivity index (χ2n) is 3.84. The predicted molar refractivity (Wildman–Crippen MR) is 63.7 cm³/mol. The molecule has 1 atom stereocenters. The van der Waals surface area contributed by atoms with E-state index in [1.54, 1.807) is 6.07 Å². The van der Waals surface area contributed by atoms with Gasteiger partial charge in [0, 0.05) is 5.92 Å². The fourth-order valence-electron chi connectivity index (χ4n) is 1.29. The molecule has 0 fully saturated rings. The van der Waals surface area contributed by atoms with Gasteiger partial charge in [-0.25, -0.2) is 0 Å². The van der Waals surface area contributed by atoms with Crippen LogP contribution in [0, 0.1) is 12.8 Å². The van der Waals surface area contributed by atoms with Crippen molar-refractivity contribution in [3.8, 4) is 0 Å². The molecule has 0 saturated carbocycles. The van der Waals surface area contributed by atoms with Crippen molar-refractivity contribution in [3.63, 3.8) is 0 Å². The Morgan fingerprint density at radius 2 is 2.20 bits per heavy atom. The molecule has 0 aliphatic carbocycles. The summed E-state index contributed by atoms with van der Waals surface area (Å²) in [6.07, 6.45) is 0.831. The van der Waals surface area contributed by atoms with Crippen molar-refractivity contribution in [2.45, 2.75) is 27.2 Å². The van der Waals surface area contributed by atoms with E-state index in [2.05, 4.69) is 5.32 Å². The van der Waals surface area contributed by atoms with Crippen molar-refractivity contribution < 1.29 is 4.79 Å². The maximum absolute atomic E-state index is 11.7. The van der Waals surface area contributed by atoms with Crippen LogP contribution in [0.1, 0.15) is 25.8 Å². The highest BCUT2D eigenvalue weighted by atomic mass is 16.1. The lowest BCUT2D eigenvalue weighted by molar-refractivity contribution is -0.119. The van der Waals surface area contributed by atoms with Crippen LogP contribution < -0.4 is 11.1 Å². The summed E-state index contributed by atoms with van der Waals surface area (Å²) in [7, 11) is 0. The number of amides is 1. The van der Waals surface area contributed by atoms with Gasteiger partial charge in [-0.05, 0) is 25.0 Å². The van der Waals surface area contributed by atoms with Crippen molar-refractivity contribution in [1.29, 1.82) is 0 Å². The number of nitrogens with one attached hydrogen (secondary N) is 1. The minimum atomic E-state index is 0.0176. The van der Waals surface area contributed by atoms with E-state index < -0.39 is 0 Å². The summed E-state index contributed by atoms with van der Waals surface area (Å²) in [5.41, 5.74) is 8.14. The molecule has 0 heterocycles. The van der Waals surface area contributed by atoms with Gasteiger partial charge in [0.05, 0.1) is 11.4 Å². The fourth-order valence-corrected chi connectivity index (χ4v) is 1.29. The first-order valence-electron chi connectivity index (χ1n) is 5.22. The largest absolute Gasteiger partial charge is 0.397 e. The number of anilines is 2. The summed E-state index contributed by atoms with van der Waals surface area (Å²) in [4.78, 5) is 11.7. The van der Waals surface area contributed by atoms with Crippen molar-refractivity contribution >= 4 is 17.3 Å². The van der Waals surface area contributed by atoms with Crippen molar-refractivity contribution in [3.05, 3.63) is 23.8 Å². The molecule has 0 aliphatic rings. The SMILES string of the molecule is CCC(C)C(=O)Nc1c(C)cccc1N. The van der Waals surface area contributed by atoms with Gasteiger partial charge in [-0.1, -0.05) is 26.0 Å². The lowest BCUT2D eigenvalue weighted by atomic mass is 10.1. The zero-order valence-electron chi connectivity index (χ0n) is 9.50. The number of carbonyl (C=O) groups excluding carboxylic acids is 1. The molecule has 1 aromatic carbocycles. The van der Waals surface area contributed by atoms with Gasteiger partial charge in [0.1, 0.15) is 0 Å². The van der Waals surface area contributed by atoms with Crippen LogP contribution in [0.25, 0.3) is 0 Å². The molecule has 0 aromatic heterocycles. The molecule has 1 unspecified atom stereocenters. The Kier molecular flexibility index (Phi) is 3.72. The van der Waals surface area contributed by atoms with Gasteiger partial charge in [0.15, 0.2) is 0 Å². The van der Waals surface area contributed by atoms with Crippen LogP contribution in [0.3, 0.4) is 0 Å². The van der Waals surface area contributed by atoms with Crippen molar-refractivity contribution in [2.75, 3.05) is 11.1 Å². The Hall–Kier alpha value is -1.51. The van der Waals surface area contributed by atoms with Crippen LogP contribution >= 0.6 is 0 Å². The molecular weight excluding hydrogens is 188 g/mol. The molecule has 15 heavy (non-hydrogen) atoms. The maximum atomic E-state index is 11.7. The Labute approximate surface area is 90.7 Å². The lowest BCUT2D eigenvalue weighted by Gasteiger charge is -2.13. The van der Waals surface area contributed by atoms with Gasteiger partial charge < -0.3 is 11.1 Å². The molecule has 1 aromatic rings. The van der Waals surface area contributed by atoms with Crippen molar-refractivity contribution in [2.24, 2.45) is 5.92 Å². The minimum Gasteiger partial charge on any atom is -0.397 e. The van der Waals surface area contributed by atoms with E-state index in [9.17, 15) is 4.79 Å². The molecule has 3 heteroatoms. The Balaban J connectivity index is 2.85. The van der Waals surface area contributed by atoms with Gasteiger partial charge in [-0.3, -0.25) is 4.79 Å². The lowest BCUT2D eigenvalue weighted by Crippen LogP contribution is -2.20. The first-order valence-corrected chi connectivity index (χ1v) is 5.22. The summed E-state index contributed by atoms with van der Waals surface area (Å²) < 4.78 is 0. The van der Waals surface area contributed by atoms with Gasteiger partial charge >= 0.3 is 0 Å². The van der Waals surface area contributed by atoms with E-state index in [1.165, 1.54) is 0 Å². The highest BCUT2D eigenvalue weighted by molar-refractivity contribution is 5.96. The molecule has 0 saturated heterocycles. The number of rotatable bonds is 3. The second-order valence-corrected chi connectivity index (χ2v) is 3.84. The monoisotopic (exact) mass is 206 g/mol. The van der Waals surface area contributed by atoms with E-state index in [4.69, 9.17) is 5.73 Å². The standard InChI is InChI=1S/C12H18N2O/c1-4-8(2)12(15)14-11-9(3)6-5-7-10(11)13/h5-8H,4,13H2,1-3H3,(H,14,15). The van der Waals surface area contributed by atoms with Gasteiger partial charge in [0.25, 0.3) is 0 Å². The average molecular weight is 206 g/mol. The molecule has 0 spiro atoms. The third kappa shape index (κ3) is 2.72. The molecule has 3 N–H and O–H groups in total. The predicted octanol–water partition coefficient (Wildman–Crippen LogP) is 2.56. The number of benzene rings is 1. The zero-order chi connectivity index (χ0) is 11.4. The van der Waals surface area contributed by atoms with E-state index in [1.807, 2.05) is 32.9 Å². The van der Waals surface area contributed by atoms with E-state index in [0.29, 0.717) is 5.69 Å². The summed E-state index contributed by atoms with van der Waals surface area (Å²) in [5, 5.41) is 2.87. The normalized spacial score (nSPS) is 12.2. The van der Waals surface area contributed by atoms with Crippen molar-refractivity contribution in [1.82, 2.24) is 0 Å². The molecule has 0 bridgehead atoms. The fraction of sp³-hybridized carbons (Fsp3) is 0.417. The second kappa shape index (κ2) is 4.82. The number of carbonyl (C=O) groups is 1. The number of hydrogen-bond acceptors (Lipinski definition) is 2. The molecule has 3 nitrogen and oxygen atoms in total. The number of nitrogen functional groups attached to an aromatic ring is 1. The first kappa shape index (κ1) is 11.6. The summed E-state index contributed by atoms with van der Waals surface area (Å²) in [6.45, 7) is 5.83. The molecule has 1 amide bonds. The molecule has 82 valence electrons. The van der Waals surface area contributed by atoms with Gasteiger partial charge in [-0.15, -0.1) is 0 Å². The summed E-state index contributed by atoms with van der Waals surface area (Å²) in [5.74, 6) is 0.0440. The van der Waals surface area contributed by atoms with Crippen LogP contribution in [0.5, 0.6) is 0 Å². The summed E-state index contributed by atoms with van der Waals surface area (Å²) in [6, 6.07) is 5.60. The van der Waals surface area contributed by atoms with E-state index in [-0.39, 0.29) is 11.8 Å². The van der Waals surface area contributed by atoms with Gasteiger partial charge in [-0.2, -0.15) is 0 Å². The average Bonchev–Trinajstić information content (AvgIpc) is 2.22. The van der Waals surface area contributed by atoms with Gasteiger partial charge in [0.2, 0.25) is 5.91 Å². The molecule has 0 radical (unpaired) electrons. The zero-order valence-corrected chi connectivity index (χ0v) is 9.50. The van der Waals surface area contributed by atoms with Crippen LogP contribution in [-0.4, -0.2) is 5.91 Å². The number of nitrogens with two attached hydrogens (primary N) is 1. The van der Waals surface area contributed by atoms with Crippen LogP contribution in [-0.2, 0) is 4.79 Å². The highest BCUT2D eigenvalue weighted by Crippen LogP contribution is 2.23. The van der Waals surface area contributed by atoms with Crippen LogP contribution in [0.4, 0.5) is 11.4 Å². The Bertz CT molecular complexity index is 340. The topological polar surface area (TPSA) is 55.1 Å². The number of para-hydroxylation sites is 1. The molecule has 1 rings (SSSR count). The van der Waals surface area contributed by atoms with Crippen LogP contribution in [0.15, 0.2) is 18.2 Å². The summed E-state index contributed by atoms with van der Waals surface area (Å²) >= 11 is 0. The van der Waals surface area contributed by atoms with E-state index in [0.717, 1.165) is 17.7 Å².